The summed E-state index contributed by atoms with van der Waals surface area (Å²) in [6.07, 6.45) is 2.00. The van der Waals surface area contributed by atoms with Crippen molar-refractivity contribution in [2.75, 3.05) is 6.61 Å². The highest BCUT2D eigenvalue weighted by Gasteiger charge is 2.52. The summed E-state index contributed by atoms with van der Waals surface area (Å²) in [5.41, 5.74) is 0.0895. The van der Waals surface area contributed by atoms with Crippen LogP contribution in [-0.2, 0) is 9.53 Å². The van der Waals surface area contributed by atoms with Gasteiger partial charge in [-0.15, -0.1) is 0 Å². The molecule has 12 heavy (non-hydrogen) atoms. The minimum Gasteiger partial charge on any atom is -0.466 e. The van der Waals surface area contributed by atoms with Crippen LogP contribution in [0.3, 0.4) is 0 Å². The van der Waals surface area contributed by atoms with Crippen LogP contribution in [-0.4, -0.2) is 17.7 Å². The normalized spacial score (nSPS) is 23.6. The highest BCUT2D eigenvalue weighted by Crippen LogP contribution is 2.50. The molecule has 0 amide bonds. The van der Waals surface area contributed by atoms with Crippen molar-refractivity contribution in [2.24, 2.45) is 11.3 Å². The molecule has 70 valence electrons. The number of aliphatic hydroxyl groups is 1. The Balaban J connectivity index is 0.000000561. The second-order valence-corrected chi connectivity index (χ2v) is 3.22. The molecular weight excluding hydrogens is 156 g/mol. The topological polar surface area (TPSA) is 46.5 Å². The number of hydrogen-bond donors (Lipinski definition) is 1. The molecule has 0 aromatic heterocycles. The van der Waals surface area contributed by atoms with Crippen LogP contribution in [0.5, 0.6) is 0 Å². The fourth-order valence-electron chi connectivity index (χ4n) is 0.985. The molecule has 1 N–H and O–H groups in total. The van der Waals surface area contributed by atoms with Crippen molar-refractivity contribution in [2.45, 2.75) is 20.8 Å². The monoisotopic (exact) mass is 172 g/mol. The van der Waals surface area contributed by atoms with Crippen molar-refractivity contribution in [3.63, 3.8) is 0 Å². The third-order valence-corrected chi connectivity index (χ3v) is 1.83. The molecule has 2 radical (unpaired) electrons. The lowest BCUT2D eigenvalue weighted by molar-refractivity contribution is -0.145. The molecule has 1 unspecified atom stereocenters. The first-order valence-corrected chi connectivity index (χ1v) is 3.92. The van der Waals surface area contributed by atoms with E-state index in [1.54, 1.807) is 0 Å². The highest BCUT2D eigenvalue weighted by atomic mass is 16.5. The molecule has 3 nitrogen and oxygen atoms in total. The van der Waals surface area contributed by atoms with Crippen LogP contribution in [0.15, 0.2) is 0 Å². The van der Waals surface area contributed by atoms with Gasteiger partial charge in [0.1, 0.15) is 0 Å². The van der Waals surface area contributed by atoms with Crippen LogP contribution in [0.1, 0.15) is 20.8 Å². The minimum absolute atomic E-state index is 0.0486. The van der Waals surface area contributed by atoms with Gasteiger partial charge in [-0.05, 0) is 18.8 Å². The van der Waals surface area contributed by atoms with Crippen molar-refractivity contribution in [1.29, 1.82) is 0 Å². The van der Waals surface area contributed by atoms with E-state index in [9.17, 15) is 4.79 Å². The minimum atomic E-state index is -0.0764. The van der Waals surface area contributed by atoms with Gasteiger partial charge in [0, 0.05) is 0 Å². The number of rotatable bonds is 2. The van der Waals surface area contributed by atoms with Gasteiger partial charge in [0.15, 0.2) is 0 Å². The van der Waals surface area contributed by atoms with E-state index in [1.807, 2.05) is 27.2 Å². The average Bonchev–Trinajstić information content (AvgIpc) is 2.65. The second kappa shape index (κ2) is 4.45. The predicted octanol–water partition coefficient (Wildman–Crippen LogP) is 1.56. The van der Waals surface area contributed by atoms with Crippen LogP contribution in [0.2, 0.25) is 0 Å². The van der Waals surface area contributed by atoms with Crippen molar-refractivity contribution in [3.8, 4) is 0 Å². The Labute approximate surface area is 73.7 Å². The number of hydrogen-bond acceptors (Lipinski definition) is 3. The number of esters is 1. The second-order valence-electron chi connectivity index (χ2n) is 3.22. The molecule has 0 spiro atoms. The van der Waals surface area contributed by atoms with Crippen LogP contribution in [0.25, 0.3) is 0 Å². The van der Waals surface area contributed by atoms with Gasteiger partial charge < -0.3 is 9.84 Å². The van der Waals surface area contributed by atoms with E-state index in [4.69, 9.17) is 9.84 Å². The SMILES string of the molecule is CCOC(=O)C1[CH]C1(C)C.[CH2]O. The first-order valence-electron chi connectivity index (χ1n) is 3.92. The lowest BCUT2D eigenvalue weighted by atomic mass is 10.1. The summed E-state index contributed by atoms with van der Waals surface area (Å²) in [5.74, 6) is -0.0278. The van der Waals surface area contributed by atoms with Crippen molar-refractivity contribution >= 4 is 5.97 Å². The van der Waals surface area contributed by atoms with Gasteiger partial charge in [0.2, 0.25) is 0 Å². The van der Waals surface area contributed by atoms with E-state index in [0.717, 1.165) is 0 Å². The maximum Gasteiger partial charge on any atom is 0.309 e. The number of aliphatic hydroxyl groups excluding tert-OH is 1. The number of carbonyl (C=O) groups excluding carboxylic acids is 1. The molecule has 0 heterocycles. The zero-order valence-electron chi connectivity index (χ0n) is 7.83. The molecule has 0 saturated heterocycles. The van der Waals surface area contributed by atoms with E-state index in [2.05, 4.69) is 7.11 Å². The van der Waals surface area contributed by atoms with Crippen molar-refractivity contribution < 1.29 is 14.6 Å². The zero-order chi connectivity index (χ0) is 9.78. The Morgan fingerprint density at radius 1 is 1.67 bits per heavy atom. The lowest BCUT2D eigenvalue weighted by Gasteiger charge is -2.01. The van der Waals surface area contributed by atoms with Crippen molar-refractivity contribution in [1.82, 2.24) is 0 Å². The molecule has 0 aromatic rings. The first-order chi connectivity index (χ1) is 5.58. The van der Waals surface area contributed by atoms with Gasteiger partial charge in [0.25, 0.3) is 0 Å². The molecule has 1 aliphatic rings. The van der Waals surface area contributed by atoms with Crippen LogP contribution in [0, 0.1) is 24.9 Å². The van der Waals surface area contributed by atoms with E-state index in [0.29, 0.717) is 6.61 Å². The third kappa shape index (κ3) is 2.81. The first kappa shape index (κ1) is 11.4. The van der Waals surface area contributed by atoms with Gasteiger partial charge >= 0.3 is 5.97 Å². The molecule has 1 fully saturated rings. The average molecular weight is 172 g/mol. The molecule has 0 bridgehead atoms. The fourth-order valence-corrected chi connectivity index (χ4v) is 0.985. The highest BCUT2D eigenvalue weighted by molar-refractivity contribution is 5.79. The zero-order valence-corrected chi connectivity index (χ0v) is 7.83. The summed E-state index contributed by atoms with van der Waals surface area (Å²) in [5, 5.41) is 6.75. The molecule has 0 aliphatic heterocycles. The molecule has 1 rings (SSSR count). The predicted molar refractivity (Wildman–Crippen MR) is 45.5 cm³/mol. The van der Waals surface area contributed by atoms with E-state index in [-0.39, 0.29) is 17.3 Å². The van der Waals surface area contributed by atoms with Crippen LogP contribution < -0.4 is 0 Å². The summed E-state index contributed by atoms with van der Waals surface area (Å²) < 4.78 is 4.83. The summed E-state index contributed by atoms with van der Waals surface area (Å²) in [6.45, 7) is 6.38. The summed E-state index contributed by atoms with van der Waals surface area (Å²) in [6, 6.07) is 0. The van der Waals surface area contributed by atoms with Gasteiger partial charge in [-0.3, -0.25) is 4.79 Å². The Morgan fingerprint density at radius 3 is 2.33 bits per heavy atom. The fraction of sp³-hybridized carbons (Fsp3) is 0.667. The number of carbonyl (C=O) groups is 1. The quantitative estimate of drug-likeness (QED) is 0.643. The Hall–Kier alpha value is -0.570. The van der Waals surface area contributed by atoms with Gasteiger partial charge in [-0.2, -0.15) is 0 Å². The third-order valence-electron chi connectivity index (χ3n) is 1.83. The Morgan fingerprint density at radius 2 is 2.08 bits per heavy atom. The van der Waals surface area contributed by atoms with E-state index < -0.39 is 0 Å². The van der Waals surface area contributed by atoms with E-state index in [1.165, 1.54) is 0 Å². The summed E-state index contributed by atoms with van der Waals surface area (Å²) >= 11 is 0. The molecule has 0 aromatic carbocycles. The molecule has 1 atom stereocenters. The summed E-state index contributed by atoms with van der Waals surface area (Å²) in [7, 11) is 2.25. The maximum atomic E-state index is 11.0. The Bertz CT molecular complexity index is 152. The van der Waals surface area contributed by atoms with Gasteiger partial charge in [0.05, 0.1) is 19.6 Å². The molecular formula is C9H16O3. The summed E-state index contributed by atoms with van der Waals surface area (Å²) in [4.78, 5) is 11.0. The number of ether oxygens (including phenoxy) is 1. The van der Waals surface area contributed by atoms with Crippen LogP contribution >= 0.6 is 0 Å². The van der Waals surface area contributed by atoms with E-state index >= 15 is 0 Å². The largest absolute Gasteiger partial charge is 0.466 e. The van der Waals surface area contributed by atoms with Gasteiger partial charge in [-0.25, -0.2) is 0 Å². The standard InChI is InChI=1S/C8H13O2.CH3O/c1-4-10-7(9)6-5-8(6,2)3;1-2/h5-6H,4H2,1-3H3;2H,1H2. The van der Waals surface area contributed by atoms with Crippen LogP contribution in [0.4, 0.5) is 0 Å². The lowest BCUT2D eigenvalue weighted by Crippen LogP contribution is -2.09. The maximum absolute atomic E-state index is 11.0. The van der Waals surface area contributed by atoms with Crippen molar-refractivity contribution in [3.05, 3.63) is 13.5 Å². The molecule has 3 heteroatoms. The van der Waals surface area contributed by atoms with Gasteiger partial charge in [-0.1, -0.05) is 13.8 Å². The molecule has 1 saturated carbocycles. The smallest absolute Gasteiger partial charge is 0.309 e. The molecule has 1 aliphatic carbocycles. The Kier molecular flexibility index (Phi) is 4.24.